The highest BCUT2D eigenvalue weighted by Crippen LogP contribution is 2.54. The minimum atomic E-state index is 0.435. The van der Waals surface area contributed by atoms with Crippen molar-refractivity contribution in [2.24, 2.45) is 5.41 Å². The maximum Gasteiger partial charge on any atom is 0.0720 e. The van der Waals surface area contributed by atoms with E-state index < -0.39 is 0 Å². The second-order valence-electron chi connectivity index (χ2n) is 5.94. The van der Waals surface area contributed by atoms with E-state index in [2.05, 4.69) is 52.6 Å². The van der Waals surface area contributed by atoms with Crippen LogP contribution in [0.5, 0.6) is 0 Å². The molecule has 1 N–H and O–H groups in total. The van der Waals surface area contributed by atoms with E-state index in [-0.39, 0.29) is 0 Å². The lowest BCUT2D eigenvalue weighted by Gasteiger charge is -2.54. The van der Waals surface area contributed by atoms with E-state index in [0.29, 0.717) is 17.6 Å². The average molecular weight is 324 g/mol. The van der Waals surface area contributed by atoms with E-state index in [0.717, 1.165) is 11.1 Å². The van der Waals surface area contributed by atoms with E-state index in [1.165, 1.54) is 37.7 Å². The van der Waals surface area contributed by atoms with Gasteiger partial charge in [-0.2, -0.15) is 0 Å². The lowest BCUT2D eigenvalue weighted by atomic mass is 9.60. The van der Waals surface area contributed by atoms with Crippen LogP contribution in [0.2, 0.25) is 0 Å². The summed E-state index contributed by atoms with van der Waals surface area (Å²) >= 11 is 3.47. The summed E-state index contributed by atoms with van der Waals surface area (Å²) < 4.78 is 7.35. The Labute approximate surface area is 124 Å². The third-order valence-electron chi connectivity index (χ3n) is 5.03. The van der Waals surface area contributed by atoms with Gasteiger partial charge in [-0.1, -0.05) is 40.9 Å². The van der Waals surface area contributed by atoms with Gasteiger partial charge in [0.05, 0.1) is 12.7 Å². The molecule has 0 aliphatic heterocycles. The van der Waals surface area contributed by atoms with Crippen LogP contribution in [0.1, 0.15) is 37.7 Å². The summed E-state index contributed by atoms with van der Waals surface area (Å²) in [5.74, 6) is 0. The van der Waals surface area contributed by atoms with Crippen LogP contribution < -0.4 is 5.32 Å². The van der Waals surface area contributed by atoms with Gasteiger partial charge in [-0.05, 0) is 44.0 Å². The number of nitrogens with one attached hydrogen (secondary N) is 1. The van der Waals surface area contributed by atoms with Crippen molar-refractivity contribution in [1.29, 1.82) is 0 Å². The SMILES string of the molecule is CNC1CC(OCc2ccc(Br)cc2)C12CCCC2. The molecular weight excluding hydrogens is 302 g/mol. The molecule has 2 atom stereocenters. The van der Waals surface area contributed by atoms with Crippen molar-refractivity contribution in [2.75, 3.05) is 7.05 Å². The zero-order chi connectivity index (χ0) is 13.3. The average Bonchev–Trinajstić information content (AvgIpc) is 2.92. The quantitative estimate of drug-likeness (QED) is 0.907. The Morgan fingerprint density at radius 1 is 1.26 bits per heavy atom. The van der Waals surface area contributed by atoms with Crippen molar-refractivity contribution in [3.8, 4) is 0 Å². The molecule has 19 heavy (non-hydrogen) atoms. The topological polar surface area (TPSA) is 21.3 Å². The number of halogens is 1. The summed E-state index contributed by atoms with van der Waals surface area (Å²) in [6.45, 7) is 0.746. The molecule has 104 valence electrons. The molecule has 1 aromatic rings. The highest BCUT2D eigenvalue weighted by atomic mass is 79.9. The number of hydrogen-bond acceptors (Lipinski definition) is 2. The van der Waals surface area contributed by atoms with Gasteiger partial charge in [0.1, 0.15) is 0 Å². The van der Waals surface area contributed by atoms with E-state index in [4.69, 9.17) is 4.74 Å². The number of benzene rings is 1. The minimum absolute atomic E-state index is 0.435. The van der Waals surface area contributed by atoms with Gasteiger partial charge in [0.15, 0.2) is 0 Å². The molecule has 2 fully saturated rings. The first-order chi connectivity index (χ1) is 9.24. The molecule has 0 saturated heterocycles. The molecule has 0 amide bonds. The summed E-state index contributed by atoms with van der Waals surface area (Å²) in [4.78, 5) is 0. The molecule has 2 aliphatic carbocycles. The molecule has 2 saturated carbocycles. The fourth-order valence-electron chi connectivity index (χ4n) is 3.87. The molecule has 2 aliphatic rings. The van der Waals surface area contributed by atoms with Crippen LogP contribution in [0.25, 0.3) is 0 Å². The molecule has 1 spiro atoms. The highest BCUT2D eigenvalue weighted by molar-refractivity contribution is 9.10. The largest absolute Gasteiger partial charge is 0.373 e. The van der Waals surface area contributed by atoms with E-state index >= 15 is 0 Å². The van der Waals surface area contributed by atoms with Crippen molar-refractivity contribution < 1.29 is 4.74 Å². The summed E-state index contributed by atoms with van der Waals surface area (Å²) in [5.41, 5.74) is 1.70. The second-order valence-corrected chi connectivity index (χ2v) is 6.86. The van der Waals surface area contributed by atoms with Crippen LogP contribution in [0.15, 0.2) is 28.7 Å². The third-order valence-corrected chi connectivity index (χ3v) is 5.56. The van der Waals surface area contributed by atoms with Crippen molar-refractivity contribution in [1.82, 2.24) is 5.32 Å². The van der Waals surface area contributed by atoms with Gasteiger partial charge in [-0.15, -0.1) is 0 Å². The van der Waals surface area contributed by atoms with Crippen molar-refractivity contribution >= 4 is 15.9 Å². The molecule has 3 heteroatoms. The Bertz CT molecular complexity index is 425. The summed E-state index contributed by atoms with van der Waals surface area (Å²) in [5, 5.41) is 3.48. The van der Waals surface area contributed by atoms with Crippen molar-refractivity contribution in [2.45, 2.75) is 50.9 Å². The first-order valence-electron chi connectivity index (χ1n) is 7.28. The molecule has 3 rings (SSSR count). The predicted octanol–water partition coefficient (Wildman–Crippen LogP) is 3.89. The summed E-state index contributed by atoms with van der Waals surface area (Å²) in [6, 6.07) is 9.12. The Morgan fingerprint density at radius 2 is 1.95 bits per heavy atom. The Morgan fingerprint density at radius 3 is 2.58 bits per heavy atom. The lowest BCUT2D eigenvalue weighted by molar-refractivity contribution is -0.138. The Hall–Kier alpha value is -0.380. The molecule has 0 bridgehead atoms. The van der Waals surface area contributed by atoms with E-state index in [1.807, 2.05) is 0 Å². The molecular formula is C16H22BrNO. The standard InChI is InChI=1S/C16H22BrNO/c1-18-14-10-15(16(14)8-2-3-9-16)19-11-12-4-6-13(17)7-5-12/h4-7,14-15,18H,2-3,8-11H2,1H3. The molecule has 2 nitrogen and oxygen atoms in total. The lowest BCUT2D eigenvalue weighted by Crippen LogP contribution is -2.61. The van der Waals surface area contributed by atoms with E-state index in [1.54, 1.807) is 0 Å². The van der Waals surface area contributed by atoms with Crippen molar-refractivity contribution in [3.63, 3.8) is 0 Å². The molecule has 2 unspecified atom stereocenters. The Kier molecular flexibility index (Phi) is 3.97. The van der Waals surface area contributed by atoms with Gasteiger partial charge in [0, 0.05) is 15.9 Å². The van der Waals surface area contributed by atoms with Gasteiger partial charge in [-0.3, -0.25) is 0 Å². The fourth-order valence-corrected chi connectivity index (χ4v) is 4.13. The highest BCUT2D eigenvalue weighted by Gasteiger charge is 2.56. The normalized spacial score (nSPS) is 28.5. The van der Waals surface area contributed by atoms with Crippen LogP contribution in [0, 0.1) is 5.41 Å². The molecule has 0 heterocycles. The first-order valence-corrected chi connectivity index (χ1v) is 8.07. The fraction of sp³-hybridized carbons (Fsp3) is 0.625. The van der Waals surface area contributed by atoms with Crippen LogP contribution in [-0.4, -0.2) is 19.2 Å². The summed E-state index contributed by atoms with van der Waals surface area (Å²) in [6.07, 6.45) is 7.04. The molecule has 0 aromatic heterocycles. The third kappa shape index (κ3) is 2.48. The minimum Gasteiger partial charge on any atom is -0.373 e. The molecule has 0 radical (unpaired) electrons. The maximum atomic E-state index is 6.22. The Balaban J connectivity index is 1.60. The summed E-state index contributed by atoms with van der Waals surface area (Å²) in [7, 11) is 2.09. The van der Waals surface area contributed by atoms with Gasteiger partial charge < -0.3 is 10.1 Å². The first kappa shape index (κ1) is 13.6. The van der Waals surface area contributed by atoms with Gasteiger partial charge in [0.2, 0.25) is 0 Å². The zero-order valence-corrected chi connectivity index (χ0v) is 13.1. The number of ether oxygens (including phenoxy) is 1. The van der Waals surface area contributed by atoms with Gasteiger partial charge >= 0.3 is 0 Å². The maximum absolute atomic E-state index is 6.22. The zero-order valence-electron chi connectivity index (χ0n) is 11.5. The van der Waals surface area contributed by atoms with Crippen molar-refractivity contribution in [3.05, 3.63) is 34.3 Å². The van der Waals surface area contributed by atoms with Crippen LogP contribution >= 0.6 is 15.9 Å². The monoisotopic (exact) mass is 323 g/mol. The van der Waals surface area contributed by atoms with E-state index in [9.17, 15) is 0 Å². The van der Waals surface area contributed by atoms with Gasteiger partial charge in [0.25, 0.3) is 0 Å². The van der Waals surface area contributed by atoms with Crippen LogP contribution in [0.3, 0.4) is 0 Å². The van der Waals surface area contributed by atoms with Crippen LogP contribution in [0.4, 0.5) is 0 Å². The second kappa shape index (κ2) is 5.55. The predicted molar refractivity (Wildman–Crippen MR) is 81.1 cm³/mol. The number of rotatable bonds is 4. The van der Waals surface area contributed by atoms with Gasteiger partial charge in [-0.25, -0.2) is 0 Å². The number of hydrogen-bond donors (Lipinski definition) is 1. The smallest absolute Gasteiger partial charge is 0.0720 e. The molecule has 1 aromatic carbocycles. The van der Waals surface area contributed by atoms with Crippen LogP contribution in [-0.2, 0) is 11.3 Å².